The van der Waals surface area contributed by atoms with Crippen LogP contribution in [0.25, 0.3) is 0 Å². The van der Waals surface area contributed by atoms with Crippen LogP contribution in [0.5, 0.6) is 0 Å². The molecule has 0 saturated carbocycles. The van der Waals surface area contributed by atoms with Crippen molar-refractivity contribution in [1.29, 1.82) is 0 Å². The highest BCUT2D eigenvalue weighted by Gasteiger charge is 2.12. The minimum atomic E-state index is -0.915. The third kappa shape index (κ3) is 3.58. The number of aromatic nitrogens is 1. The Balaban J connectivity index is 2.02. The van der Waals surface area contributed by atoms with E-state index in [4.69, 9.17) is 0 Å². The highest BCUT2D eigenvalue weighted by Crippen LogP contribution is 2.17. The average molecular weight is 306 g/mol. The van der Waals surface area contributed by atoms with Gasteiger partial charge in [0.1, 0.15) is 0 Å². The predicted molar refractivity (Wildman–Crippen MR) is 78.8 cm³/mol. The van der Waals surface area contributed by atoms with Gasteiger partial charge in [0.2, 0.25) is 0 Å². The van der Waals surface area contributed by atoms with E-state index in [0.717, 1.165) is 12.1 Å². The van der Waals surface area contributed by atoms with Crippen molar-refractivity contribution in [2.45, 2.75) is 12.8 Å². The summed E-state index contributed by atoms with van der Waals surface area (Å²) in [5.74, 6) is -2.39. The molecule has 0 spiro atoms. The van der Waals surface area contributed by atoms with Crippen LogP contribution in [-0.2, 0) is 7.05 Å². The fourth-order valence-corrected chi connectivity index (χ4v) is 1.97. The van der Waals surface area contributed by atoms with Crippen molar-refractivity contribution in [3.63, 3.8) is 0 Å². The molecule has 2 rings (SSSR count). The molecule has 0 unspecified atom stereocenters. The average Bonchev–Trinajstić information content (AvgIpc) is 2.50. The molecular weight excluding hydrogens is 290 g/mol. The number of hydrogen-bond acceptors (Lipinski definition) is 2. The van der Waals surface area contributed by atoms with Gasteiger partial charge in [0.25, 0.3) is 11.5 Å². The number of pyridine rings is 1. The van der Waals surface area contributed by atoms with Gasteiger partial charge in [0.15, 0.2) is 11.6 Å². The quantitative estimate of drug-likeness (QED) is 0.941. The number of amides is 1. The van der Waals surface area contributed by atoms with Gasteiger partial charge in [0.05, 0.1) is 0 Å². The molecule has 1 aromatic carbocycles. The molecule has 1 heterocycles. The zero-order valence-corrected chi connectivity index (χ0v) is 12.3. The summed E-state index contributed by atoms with van der Waals surface area (Å²) >= 11 is 0. The van der Waals surface area contributed by atoms with Crippen molar-refractivity contribution in [3.8, 4) is 0 Å². The molecule has 4 nitrogen and oxygen atoms in total. The third-order valence-electron chi connectivity index (χ3n) is 3.45. The maximum Gasteiger partial charge on any atom is 0.251 e. The Bertz CT molecular complexity index is 756. The number of nitrogens with one attached hydrogen (secondary N) is 1. The minimum Gasteiger partial charge on any atom is -0.351 e. The van der Waals surface area contributed by atoms with Crippen LogP contribution >= 0.6 is 0 Å². The summed E-state index contributed by atoms with van der Waals surface area (Å²) in [6, 6.07) is 6.44. The van der Waals surface area contributed by atoms with Crippen LogP contribution in [0.4, 0.5) is 8.78 Å². The zero-order chi connectivity index (χ0) is 16.3. The van der Waals surface area contributed by atoms with Crippen LogP contribution in [-0.4, -0.2) is 17.0 Å². The van der Waals surface area contributed by atoms with Gasteiger partial charge in [0, 0.05) is 31.4 Å². The first-order chi connectivity index (χ1) is 10.4. The molecule has 0 aliphatic carbocycles. The van der Waals surface area contributed by atoms with E-state index in [2.05, 4.69) is 5.32 Å². The van der Waals surface area contributed by atoms with Crippen LogP contribution in [0.3, 0.4) is 0 Å². The first-order valence-corrected chi connectivity index (χ1v) is 6.78. The molecule has 0 aliphatic heterocycles. The van der Waals surface area contributed by atoms with Gasteiger partial charge in [-0.25, -0.2) is 8.78 Å². The van der Waals surface area contributed by atoms with Gasteiger partial charge in [-0.1, -0.05) is 13.0 Å². The van der Waals surface area contributed by atoms with Crippen molar-refractivity contribution >= 4 is 5.91 Å². The van der Waals surface area contributed by atoms with Crippen LogP contribution in [0.1, 0.15) is 28.8 Å². The van der Waals surface area contributed by atoms with E-state index in [-0.39, 0.29) is 29.5 Å². The molecule has 6 heteroatoms. The second kappa shape index (κ2) is 6.51. The predicted octanol–water partition coefficient (Wildman–Crippen LogP) is 2.20. The lowest BCUT2D eigenvalue weighted by Gasteiger charge is -2.13. The fourth-order valence-electron chi connectivity index (χ4n) is 1.97. The molecule has 1 aromatic heterocycles. The zero-order valence-electron chi connectivity index (χ0n) is 12.3. The van der Waals surface area contributed by atoms with E-state index >= 15 is 0 Å². The Hall–Kier alpha value is -2.50. The normalized spacial score (nSPS) is 12.0. The Morgan fingerprint density at radius 1 is 1.23 bits per heavy atom. The molecule has 0 fully saturated rings. The van der Waals surface area contributed by atoms with Crippen molar-refractivity contribution in [2.75, 3.05) is 6.54 Å². The molecule has 0 bridgehead atoms. The molecule has 0 aliphatic rings. The highest BCUT2D eigenvalue weighted by molar-refractivity contribution is 5.93. The molecule has 1 atom stereocenters. The standard InChI is InChI=1S/C16H16F2N2O2/c1-10(11-3-4-13(17)14(18)7-11)9-19-16(22)12-5-6-20(2)15(21)8-12/h3-8,10H,9H2,1-2H3,(H,19,22)/t10-/m0/s1. The van der Waals surface area contributed by atoms with Gasteiger partial charge < -0.3 is 9.88 Å². The maximum absolute atomic E-state index is 13.2. The Morgan fingerprint density at radius 2 is 1.95 bits per heavy atom. The SMILES string of the molecule is C[C@@H](CNC(=O)c1ccn(C)c(=O)c1)c1ccc(F)c(F)c1. The topological polar surface area (TPSA) is 51.1 Å². The van der Waals surface area contributed by atoms with Gasteiger partial charge in [-0.3, -0.25) is 9.59 Å². The molecule has 0 radical (unpaired) electrons. The molecule has 116 valence electrons. The minimum absolute atomic E-state index is 0.189. The molecule has 22 heavy (non-hydrogen) atoms. The van der Waals surface area contributed by atoms with Gasteiger partial charge in [-0.15, -0.1) is 0 Å². The van der Waals surface area contributed by atoms with Crippen LogP contribution in [0, 0.1) is 11.6 Å². The lowest BCUT2D eigenvalue weighted by Crippen LogP contribution is -2.29. The number of hydrogen-bond donors (Lipinski definition) is 1. The monoisotopic (exact) mass is 306 g/mol. The van der Waals surface area contributed by atoms with Crippen molar-refractivity contribution in [3.05, 3.63) is 69.6 Å². The second-order valence-electron chi connectivity index (χ2n) is 5.15. The second-order valence-corrected chi connectivity index (χ2v) is 5.15. The number of rotatable bonds is 4. The smallest absolute Gasteiger partial charge is 0.251 e. The molecular formula is C16H16F2N2O2. The molecule has 1 amide bonds. The summed E-state index contributed by atoms with van der Waals surface area (Å²) in [5, 5.41) is 2.67. The number of aryl methyl sites for hydroxylation is 1. The number of benzene rings is 1. The number of carbonyl (C=O) groups is 1. The first kappa shape index (κ1) is 15.9. The summed E-state index contributed by atoms with van der Waals surface area (Å²) in [7, 11) is 1.59. The van der Waals surface area contributed by atoms with E-state index in [0.29, 0.717) is 5.56 Å². The summed E-state index contributed by atoms with van der Waals surface area (Å²) in [5.41, 5.74) is 0.574. The lowest BCUT2D eigenvalue weighted by molar-refractivity contribution is 0.0951. The van der Waals surface area contributed by atoms with E-state index in [9.17, 15) is 18.4 Å². The van der Waals surface area contributed by atoms with Crippen LogP contribution < -0.4 is 10.9 Å². The summed E-state index contributed by atoms with van der Waals surface area (Å²) in [4.78, 5) is 23.5. The van der Waals surface area contributed by atoms with Crippen molar-refractivity contribution in [2.24, 2.45) is 7.05 Å². The number of carbonyl (C=O) groups excluding carboxylic acids is 1. The summed E-state index contributed by atoms with van der Waals surface area (Å²) in [6.07, 6.45) is 1.51. The van der Waals surface area contributed by atoms with Gasteiger partial charge in [-0.05, 0) is 29.7 Å². The summed E-state index contributed by atoms with van der Waals surface area (Å²) < 4.78 is 27.4. The van der Waals surface area contributed by atoms with E-state index in [1.807, 2.05) is 0 Å². The van der Waals surface area contributed by atoms with Crippen molar-refractivity contribution < 1.29 is 13.6 Å². The lowest BCUT2D eigenvalue weighted by atomic mass is 10.0. The van der Waals surface area contributed by atoms with Crippen molar-refractivity contribution in [1.82, 2.24) is 9.88 Å². The van der Waals surface area contributed by atoms with Gasteiger partial charge >= 0.3 is 0 Å². The largest absolute Gasteiger partial charge is 0.351 e. The first-order valence-electron chi connectivity index (χ1n) is 6.78. The number of nitrogens with zero attached hydrogens (tertiary/aromatic N) is 1. The van der Waals surface area contributed by atoms with Gasteiger partial charge in [-0.2, -0.15) is 0 Å². The highest BCUT2D eigenvalue weighted by atomic mass is 19.2. The van der Waals surface area contributed by atoms with Crippen LogP contribution in [0.15, 0.2) is 41.3 Å². The Labute approximate surface area is 126 Å². The molecule has 1 N–H and O–H groups in total. The maximum atomic E-state index is 13.2. The number of halogens is 2. The molecule has 2 aromatic rings. The van der Waals surface area contributed by atoms with E-state index in [1.165, 1.54) is 22.9 Å². The van der Waals surface area contributed by atoms with E-state index < -0.39 is 11.6 Å². The van der Waals surface area contributed by atoms with E-state index in [1.54, 1.807) is 20.0 Å². The summed E-state index contributed by atoms with van der Waals surface area (Å²) in [6.45, 7) is 2.04. The fraction of sp³-hybridized carbons (Fsp3) is 0.250. The Morgan fingerprint density at radius 3 is 2.59 bits per heavy atom. The molecule has 0 saturated heterocycles. The van der Waals surface area contributed by atoms with Crippen LogP contribution in [0.2, 0.25) is 0 Å². The Kier molecular flexibility index (Phi) is 4.70. The third-order valence-corrected chi connectivity index (χ3v) is 3.45.